The summed E-state index contributed by atoms with van der Waals surface area (Å²) in [5, 5.41) is 2.96. The van der Waals surface area contributed by atoms with Gasteiger partial charge in [-0.1, -0.05) is 49.4 Å². The lowest BCUT2D eigenvalue weighted by Gasteiger charge is -2.26. The number of nitrogens with zero attached hydrogens (tertiary/aromatic N) is 3. The Labute approximate surface area is 251 Å². The smallest absolute Gasteiger partial charge is 0.332 e. The molecule has 2 aliphatic carbocycles. The number of carbonyl (C=O) groups excluding carboxylic acids is 3. The molecule has 0 saturated heterocycles. The predicted molar refractivity (Wildman–Crippen MR) is 160 cm³/mol. The maximum atomic E-state index is 13.7. The highest BCUT2D eigenvalue weighted by Crippen LogP contribution is 2.45. The van der Waals surface area contributed by atoms with E-state index in [-0.39, 0.29) is 33.8 Å². The SMILES string of the molecule is C=CCCCCN(C)C(=O)[C@@H]1C[C@H](Oc2cc(C(C)(C)C)nc(OC)n2)C[C@H]1C(=O)N[C@]1(C(=O)OCC)C[C@H]1I. The van der Waals surface area contributed by atoms with E-state index in [1.165, 1.54) is 7.11 Å². The number of rotatable bonds is 13. The molecule has 0 radical (unpaired) electrons. The summed E-state index contributed by atoms with van der Waals surface area (Å²) >= 11 is 2.16. The van der Waals surface area contributed by atoms with Crippen LogP contribution in [0.3, 0.4) is 0 Å². The van der Waals surface area contributed by atoms with Crippen molar-refractivity contribution in [3.05, 3.63) is 24.4 Å². The van der Waals surface area contributed by atoms with Crippen LogP contribution in [0.2, 0.25) is 0 Å². The summed E-state index contributed by atoms with van der Waals surface area (Å²) in [6.07, 6.45) is 5.27. The van der Waals surface area contributed by atoms with Crippen molar-refractivity contribution in [2.75, 3.05) is 27.3 Å². The predicted octanol–water partition coefficient (Wildman–Crippen LogP) is 4.00. The summed E-state index contributed by atoms with van der Waals surface area (Å²) in [5.74, 6) is -1.77. The molecule has 0 aliphatic heterocycles. The van der Waals surface area contributed by atoms with Gasteiger partial charge in [-0.3, -0.25) is 9.59 Å². The highest BCUT2D eigenvalue weighted by Gasteiger charge is 2.62. The molecular weight excluding hydrogens is 627 g/mol. The number of esters is 1. The van der Waals surface area contributed by atoms with Gasteiger partial charge < -0.3 is 24.4 Å². The Kier molecular flexibility index (Phi) is 10.8. The van der Waals surface area contributed by atoms with Gasteiger partial charge in [0.15, 0.2) is 5.54 Å². The molecule has 1 heterocycles. The fourth-order valence-corrected chi connectivity index (χ4v) is 6.08. The van der Waals surface area contributed by atoms with Crippen molar-refractivity contribution in [1.29, 1.82) is 0 Å². The number of amides is 2. The van der Waals surface area contributed by atoms with E-state index < -0.39 is 29.4 Å². The molecule has 0 aromatic carbocycles. The van der Waals surface area contributed by atoms with Crippen LogP contribution in [0.5, 0.6) is 11.9 Å². The second-order valence-electron chi connectivity index (χ2n) is 11.6. The van der Waals surface area contributed by atoms with Crippen LogP contribution in [0.25, 0.3) is 0 Å². The fourth-order valence-electron chi connectivity index (χ4n) is 4.98. The molecule has 2 saturated carbocycles. The van der Waals surface area contributed by atoms with Gasteiger partial charge in [0.05, 0.1) is 31.2 Å². The molecule has 2 amide bonds. The van der Waals surface area contributed by atoms with Gasteiger partial charge in [-0.25, -0.2) is 4.79 Å². The number of aromatic nitrogens is 2. The van der Waals surface area contributed by atoms with Crippen LogP contribution in [0.1, 0.15) is 71.9 Å². The highest BCUT2D eigenvalue weighted by molar-refractivity contribution is 14.1. The van der Waals surface area contributed by atoms with Crippen molar-refractivity contribution in [3.63, 3.8) is 0 Å². The number of nitrogens with one attached hydrogen (secondary N) is 1. The monoisotopic (exact) mass is 670 g/mol. The molecule has 222 valence electrons. The standard InChI is InChI=1S/C29H43IN4O6/c1-8-10-11-12-13-34(6)25(36)20-15-18(40-23-16-22(28(3,4)5)31-27(32-23)38-7)14-19(20)24(35)33-29(17-21(29)30)26(37)39-9-2/h8,16,18-21H,1,9-15,17H2,2-7H3,(H,33,35)/t18-,19-,20-,21-,29-/m1/s1. The van der Waals surface area contributed by atoms with Crippen molar-refractivity contribution in [2.24, 2.45) is 11.8 Å². The number of unbranched alkanes of at least 4 members (excludes halogenated alkanes) is 2. The Bertz CT molecular complexity index is 1090. The lowest BCUT2D eigenvalue weighted by Crippen LogP contribution is -2.50. The summed E-state index contributed by atoms with van der Waals surface area (Å²) in [4.78, 5) is 50.5. The van der Waals surface area contributed by atoms with Crippen LogP contribution in [0, 0.1) is 11.8 Å². The molecule has 3 rings (SSSR count). The minimum Gasteiger partial charge on any atom is -0.474 e. The largest absolute Gasteiger partial charge is 0.474 e. The van der Waals surface area contributed by atoms with Crippen molar-refractivity contribution in [2.45, 2.75) is 87.2 Å². The van der Waals surface area contributed by atoms with E-state index in [1.54, 1.807) is 24.9 Å². The van der Waals surface area contributed by atoms with E-state index in [0.29, 0.717) is 31.7 Å². The third-order valence-corrected chi connectivity index (χ3v) is 8.99. The van der Waals surface area contributed by atoms with Crippen LogP contribution < -0.4 is 14.8 Å². The lowest BCUT2D eigenvalue weighted by atomic mass is 9.92. The van der Waals surface area contributed by atoms with E-state index in [9.17, 15) is 14.4 Å². The second kappa shape index (κ2) is 13.5. The van der Waals surface area contributed by atoms with Crippen molar-refractivity contribution in [1.82, 2.24) is 20.2 Å². The van der Waals surface area contributed by atoms with Crippen LogP contribution in [-0.4, -0.2) is 75.5 Å². The number of ether oxygens (including phenoxy) is 3. The molecule has 1 N–H and O–H groups in total. The Balaban J connectivity index is 1.82. The molecule has 40 heavy (non-hydrogen) atoms. The van der Waals surface area contributed by atoms with Gasteiger partial charge in [0.2, 0.25) is 17.7 Å². The van der Waals surface area contributed by atoms with Gasteiger partial charge in [-0.15, -0.1) is 6.58 Å². The first kappa shape index (κ1) is 32.1. The van der Waals surface area contributed by atoms with Gasteiger partial charge in [-0.05, 0) is 45.4 Å². The zero-order chi connectivity index (χ0) is 29.7. The molecule has 0 bridgehead atoms. The molecule has 0 unspecified atom stereocenters. The summed E-state index contributed by atoms with van der Waals surface area (Å²) < 4.78 is 16.8. The summed E-state index contributed by atoms with van der Waals surface area (Å²) in [5.41, 5.74) is -0.550. The third kappa shape index (κ3) is 7.64. The van der Waals surface area contributed by atoms with Crippen LogP contribution >= 0.6 is 22.6 Å². The first-order valence-electron chi connectivity index (χ1n) is 14.0. The maximum Gasteiger partial charge on any atom is 0.332 e. The van der Waals surface area contributed by atoms with Gasteiger partial charge in [0.1, 0.15) is 6.10 Å². The molecule has 1 aromatic rings. The minimum atomic E-state index is -1.04. The van der Waals surface area contributed by atoms with E-state index in [0.717, 1.165) is 25.0 Å². The first-order chi connectivity index (χ1) is 18.9. The zero-order valence-electron chi connectivity index (χ0n) is 24.5. The summed E-state index contributed by atoms with van der Waals surface area (Å²) in [7, 11) is 3.27. The van der Waals surface area contributed by atoms with E-state index in [1.807, 2.05) is 26.8 Å². The molecule has 5 atom stereocenters. The Morgan fingerprint density at radius 2 is 1.90 bits per heavy atom. The number of carbonyl (C=O) groups is 3. The number of alkyl halides is 1. The van der Waals surface area contributed by atoms with Gasteiger partial charge in [-0.2, -0.15) is 9.97 Å². The normalized spacial score (nSPS) is 25.6. The molecular formula is C29H43IN4O6. The Hall–Kier alpha value is -2.44. The number of hydrogen-bond acceptors (Lipinski definition) is 8. The number of methoxy groups -OCH3 is 1. The Morgan fingerprint density at radius 3 is 2.48 bits per heavy atom. The highest BCUT2D eigenvalue weighted by atomic mass is 127. The fraction of sp³-hybridized carbons (Fsp3) is 0.690. The first-order valence-corrected chi connectivity index (χ1v) is 15.2. The second-order valence-corrected chi connectivity index (χ2v) is 13.2. The minimum absolute atomic E-state index is 0.0625. The maximum absolute atomic E-state index is 13.7. The topological polar surface area (TPSA) is 120 Å². The zero-order valence-corrected chi connectivity index (χ0v) is 26.7. The van der Waals surface area contributed by atoms with Crippen molar-refractivity contribution >= 4 is 40.4 Å². The Morgan fingerprint density at radius 1 is 1.23 bits per heavy atom. The number of halogens is 1. The van der Waals surface area contributed by atoms with Crippen molar-refractivity contribution in [3.8, 4) is 11.9 Å². The van der Waals surface area contributed by atoms with E-state index in [2.05, 4.69) is 44.5 Å². The molecule has 1 aromatic heterocycles. The molecule has 2 fully saturated rings. The van der Waals surface area contributed by atoms with Crippen LogP contribution in [-0.2, 0) is 24.5 Å². The average Bonchev–Trinajstić information content (AvgIpc) is 3.36. The quantitative estimate of drug-likeness (QED) is 0.110. The molecule has 10 nitrogen and oxygen atoms in total. The molecule has 11 heteroatoms. The van der Waals surface area contributed by atoms with Crippen molar-refractivity contribution < 1.29 is 28.6 Å². The van der Waals surface area contributed by atoms with E-state index >= 15 is 0 Å². The summed E-state index contributed by atoms with van der Waals surface area (Å²) in [6.45, 7) is 12.4. The summed E-state index contributed by atoms with van der Waals surface area (Å²) in [6, 6.07) is 1.97. The van der Waals surface area contributed by atoms with Gasteiger partial charge in [0, 0.05) is 29.0 Å². The van der Waals surface area contributed by atoms with Crippen LogP contribution in [0.4, 0.5) is 0 Å². The number of hydrogen-bond donors (Lipinski definition) is 1. The van der Waals surface area contributed by atoms with E-state index in [4.69, 9.17) is 14.2 Å². The third-order valence-electron chi connectivity index (χ3n) is 7.48. The van der Waals surface area contributed by atoms with Crippen LogP contribution in [0.15, 0.2) is 18.7 Å². The van der Waals surface area contributed by atoms with Gasteiger partial charge in [0.25, 0.3) is 0 Å². The van der Waals surface area contributed by atoms with Gasteiger partial charge >= 0.3 is 12.0 Å². The molecule has 0 spiro atoms. The molecule has 2 aliphatic rings. The lowest BCUT2D eigenvalue weighted by molar-refractivity contribution is -0.149. The average molecular weight is 671 g/mol. The number of allylic oxidation sites excluding steroid dienone is 1.